The molecule has 1 saturated heterocycles. The van der Waals surface area contributed by atoms with Gasteiger partial charge in [-0.3, -0.25) is 14.3 Å². The van der Waals surface area contributed by atoms with Crippen molar-refractivity contribution in [3.05, 3.63) is 42.4 Å². The van der Waals surface area contributed by atoms with Crippen LogP contribution in [0.1, 0.15) is 18.7 Å². The third kappa shape index (κ3) is 4.60. The number of aryl methyl sites for hydroxylation is 1. The zero-order chi connectivity index (χ0) is 17.8. The van der Waals surface area contributed by atoms with E-state index in [1.54, 1.807) is 0 Å². The molecule has 0 amide bonds. The summed E-state index contributed by atoms with van der Waals surface area (Å²) in [6.07, 6.45) is 9.68. The van der Waals surface area contributed by atoms with Gasteiger partial charge >= 0.3 is 0 Å². The molecule has 7 nitrogen and oxygen atoms in total. The number of aliphatic imine (C=N–C) groups is 1. The molecule has 0 aromatic carbocycles. The van der Waals surface area contributed by atoms with E-state index >= 15 is 0 Å². The molecule has 8 heteroatoms. The van der Waals surface area contributed by atoms with Crippen molar-refractivity contribution < 1.29 is 0 Å². The van der Waals surface area contributed by atoms with Gasteiger partial charge in [0.05, 0.1) is 0 Å². The van der Waals surface area contributed by atoms with E-state index in [1.807, 2.05) is 31.4 Å². The van der Waals surface area contributed by atoms with Gasteiger partial charge in [0.15, 0.2) is 11.6 Å². The molecule has 1 atom stereocenters. The van der Waals surface area contributed by atoms with Crippen LogP contribution in [0.4, 0.5) is 0 Å². The lowest BCUT2D eigenvalue weighted by Gasteiger charge is -2.25. The van der Waals surface area contributed by atoms with Crippen molar-refractivity contribution in [3.8, 4) is 0 Å². The minimum absolute atomic E-state index is 0. The Morgan fingerprint density at radius 2 is 2.11 bits per heavy atom. The number of fused-ring (bicyclic) bond motifs is 1. The Hall–Kier alpha value is -1.68. The summed E-state index contributed by atoms with van der Waals surface area (Å²) in [7, 11) is 1.87. The lowest BCUT2D eigenvalue weighted by molar-refractivity contribution is 0.259. The Kier molecular flexibility index (Phi) is 7.06. The lowest BCUT2D eigenvalue weighted by Crippen LogP contribution is -2.43. The summed E-state index contributed by atoms with van der Waals surface area (Å²) in [6.45, 7) is 5.22. The number of hydrogen-bond acceptors (Lipinski definition) is 4. The molecule has 1 unspecified atom stereocenters. The quantitative estimate of drug-likeness (QED) is 0.232. The van der Waals surface area contributed by atoms with Crippen molar-refractivity contribution in [3.63, 3.8) is 0 Å². The number of halogens is 1. The van der Waals surface area contributed by atoms with E-state index in [9.17, 15) is 0 Å². The number of nitrogens with one attached hydrogen (secondary N) is 1. The Morgan fingerprint density at radius 3 is 2.93 bits per heavy atom. The fourth-order valence-corrected chi connectivity index (χ4v) is 3.87. The second kappa shape index (κ2) is 9.50. The van der Waals surface area contributed by atoms with Gasteiger partial charge in [-0.05, 0) is 25.0 Å². The molecule has 0 aliphatic carbocycles. The highest BCUT2D eigenvalue weighted by Gasteiger charge is 2.29. The van der Waals surface area contributed by atoms with Gasteiger partial charge in [0, 0.05) is 58.4 Å². The average Bonchev–Trinajstić information content (AvgIpc) is 3.42. The number of nitrogens with zero attached hydrogens (tertiary/aromatic N) is 6. The molecule has 146 valence electrons. The number of pyridine rings is 1. The van der Waals surface area contributed by atoms with Crippen LogP contribution >= 0.6 is 24.0 Å². The van der Waals surface area contributed by atoms with Crippen molar-refractivity contribution in [2.24, 2.45) is 4.99 Å². The van der Waals surface area contributed by atoms with Crippen LogP contribution in [0.15, 0.2) is 41.5 Å². The summed E-state index contributed by atoms with van der Waals surface area (Å²) < 4.78 is 2.06. The molecule has 2 aromatic rings. The van der Waals surface area contributed by atoms with Crippen LogP contribution < -0.4 is 5.32 Å². The first-order valence-electron chi connectivity index (χ1n) is 9.48. The summed E-state index contributed by atoms with van der Waals surface area (Å²) in [4.78, 5) is 9.41. The highest BCUT2D eigenvalue weighted by molar-refractivity contribution is 14.0. The van der Waals surface area contributed by atoms with Crippen LogP contribution in [0.2, 0.25) is 0 Å². The maximum atomic E-state index is 4.48. The number of hydrogen-bond donors (Lipinski definition) is 1. The van der Waals surface area contributed by atoms with E-state index in [-0.39, 0.29) is 24.0 Å². The van der Waals surface area contributed by atoms with E-state index in [0.29, 0.717) is 6.04 Å². The van der Waals surface area contributed by atoms with Crippen molar-refractivity contribution in [2.45, 2.75) is 25.3 Å². The molecule has 2 aliphatic rings. The number of aromatic nitrogens is 3. The molecule has 2 aromatic heterocycles. The Labute approximate surface area is 177 Å². The largest absolute Gasteiger partial charge is 0.356 e. The fraction of sp³-hybridized carbons (Fsp3) is 0.526. The van der Waals surface area contributed by atoms with E-state index in [2.05, 4.69) is 46.9 Å². The SMILES string of the molecule is CN=C(NCCCc1nnc2ccccn12)N1CCC(N2CC=CC2)C1.I. The van der Waals surface area contributed by atoms with Crippen molar-refractivity contribution in [2.75, 3.05) is 39.8 Å². The predicted molar refractivity (Wildman–Crippen MR) is 119 cm³/mol. The van der Waals surface area contributed by atoms with Gasteiger partial charge in [-0.2, -0.15) is 0 Å². The maximum absolute atomic E-state index is 4.48. The average molecular weight is 481 g/mol. The first-order chi connectivity index (χ1) is 12.8. The van der Waals surface area contributed by atoms with Crippen molar-refractivity contribution in [1.82, 2.24) is 29.7 Å². The first-order valence-corrected chi connectivity index (χ1v) is 9.48. The molecule has 2 aliphatic heterocycles. The zero-order valence-electron chi connectivity index (χ0n) is 15.8. The molecule has 27 heavy (non-hydrogen) atoms. The minimum Gasteiger partial charge on any atom is -0.356 e. The Morgan fingerprint density at radius 1 is 1.26 bits per heavy atom. The third-order valence-electron chi connectivity index (χ3n) is 5.28. The highest BCUT2D eigenvalue weighted by Crippen LogP contribution is 2.17. The summed E-state index contributed by atoms with van der Waals surface area (Å²) >= 11 is 0. The second-order valence-electron chi connectivity index (χ2n) is 6.94. The molecule has 1 fully saturated rings. The van der Waals surface area contributed by atoms with Crippen LogP contribution in [-0.4, -0.2) is 76.2 Å². The van der Waals surface area contributed by atoms with Gasteiger partial charge in [0.2, 0.25) is 0 Å². The molecule has 4 rings (SSSR count). The molecule has 0 bridgehead atoms. The van der Waals surface area contributed by atoms with Gasteiger partial charge in [-0.1, -0.05) is 18.2 Å². The third-order valence-corrected chi connectivity index (χ3v) is 5.28. The van der Waals surface area contributed by atoms with Crippen LogP contribution in [0.25, 0.3) is 5.65 Å². The zero-order valence-corrected chi connectivity index (χ0v) is 18.1. The molecular weight excluding hydrogens is 453 g/mol. The van der Waals surface area contributed by atoms with Crippen LogP contribution in [0.3, 0.4) is 0 Å². The molecule has 1 N–H and O–H groups in total. The summed E-state index contributed by atoms with van der Waals surface area (Å²) in [5, 5.41) is 12.0. The molecular formula is C19H28IN7. The van der Waals surface area contributed by atoms with E-state index < -0.39 is 0 Å². The van der Waals surface area contributed by atoms with Crippen LogP contribution in [-0.2, 0) is 6.42 Å². The fourth-order valence-electron chi connectivity index (χ4n) is 3.87. The number of likely N-dealkylation sites (tertiary alicyclic amines) is 1. The second-order valence-corrected chi connectivity index (χ2v) is 6.94. The van der Waals surface area contributed by atoms with Gasteiger partial charge < -0.3 is 10.2 Å². The summed E-state index contributed by atoms with van der Waals surface area (Å²) in [5.41, 5.74) is 0.908. The monoisotopic (exact) mass is 481 g/mol. The van der Waals surface area contributed by atoms with E-state index in [4.69, 9.17) is 0 Å². The minimum atomic E-state index is 0. The first kappa shape index (κ1) is 20.1. The van der Waals surface area contributed by atoms with Gasteiger partial charge in [-0.15, -0.1) is 34.2 Å². The van der Waals surface area contributed by atoms with Gasteiger partial charge in [0.1, 0.15) is 5.82 Å². The van der Waals surface area contributed by atoms with E-state index in [1.165, 1.54) is 6.42 Å². The van der Waals surface area contributed by atoms with Crippen LogP contribution in [0.5, 0.6) is 0 Å². The van der Waals surface area contributed by atoms with Gasteiger partial charge in [-0.25, -0.2) is 0 Å². The van der Waals surface area contributed by atoms with E-state index in [0.717, 1.165) is 63.0 Å². The standard InChI is InChI=1S/C19H27N7.HI/c1-20-19(25-14-9-16(15-25)24-11-4-5-12-24)21-10-6-8-18-23-22-17-7-2-3-13-26(17)18;/h2-5,7,13,16H,6,8-12,14-15H2,1H3,(H,20,21);1H. The molecule has 0 spiro atoms. The van der Waals surface area contributed by atoms with Crippen molar-refractivity contribution in [1.29, 1.82) is 0 Å². The Bertz CT molecular complexity index is 792. The molecule has 4 heterocycles. The molecule has 0 saturated carbocycles. The molecule has 0 radical (unpaired) electrons. The maximum Gasteiger partial charge on any atom is 0.193 e. The highest BCUT2D eigenvalue weighted by atomic mass is 127. The topological polar surface area (TPSA) is 61.1 Å². The summed E-state index contributed by atoms with van der Waals surface area (Å²) in [6, 6.07) is 6.63. The smallest absolute Gasteiger partial charge is 0.193 e. The number of rotatable bonds is 5. The summed E-state index contributed by atoms with van der Waals surface area (Å²) in [5.74, 6) is 2.03. The lowest BCUT2D eigenvalue weighted by atomic mass is 10.2. The normalized spacial score (nSPS) is 20.4. The number of guanidine groups is 1. The predicted octanol–water partition coefficient (Wildman–Crippen LogP) is 1.80. The van der Waals surface area contributed by atoms with Crippen LogP contribution in [0, 0.1) is 0 Å². The Balaban J connectivity index is 0.00000210. The van der Waals surface area contributed by atoms with Crippen molar-refractivity contribution >= 4 is 35.6 Å². The van der Waals surface area contributed by atoms with Gasteiger partial charge in [0.25, 0.3) is 0 Å².